The molecule has 0 spiro atoms. The van der Waals surface area contributed by atoms with E-state index in [0.29, 0.717) is 0 Å². The zero-order valence-electron chi connectivity index (χ0n) is 9.87. The van der Waals surface area contributed by atoms with Gasteiger partial charge in [0.1, 0.15) is 0 Å². The Hall–Kier alpha value is -0.0800. The number of aliphatic hydroxyl groups is 1. The Morgan fingerprint density at radius 3 is 2.57 bits per heavy atom. The average molecular weight is 199 g/mol. The van der Waals surface area contributed by atoms with Gasteiger partial charge < -0.3 is 10.0 Å². The van der Waals surface area contributed by atoms with Gasteiger partial charge in [-0.15, -0.1) is 0 Å². The summed E-state index contributed by atoms with van der Waals surface area (Å²) in [5.74, 6) is 0.877. The Morgan fingerprint density at radius 1 is 1.36 bits per heavy atom. The molecule has 0 saturated carbocycles. The largest absolute Gasteiger partial charge is 0.393 e. The van der Waals surface area contributed by atoms with E-state index in [2.05, 4.69) is 18.7 Å². The lowest BCUT2D eigenvalue weighted by atomic mass is 10.1. The van der Waals surface area contributed by atoms with Gasteiger partial charge in [-0.3, -0.25) is 0 Å². The molecule has 1 rings (SSSR count). The number of hydrogen-bond donors (Lipinski definition) is 1. The van der Waals surface area contributed by atoms with Crippen molar-refractivity contribution in [2.75, 3.05) is 13.1 Å². The van der Waals surface area contributed by atoms with E-state index in [1.807, 2.05) is 6.92 Å². The minimum absolute atomic E-state index is 0.120. The molecule has 0 amide bonds. The number of aliphatic hydroxyl groups excluding tert-OH is 1. The highest BCUT2D eigenvalue weighted by molar-refractivity contribution is 4.79. The molecule has 2 heteroatoms. The van der Waals surface area contributed by atoms with Crippen LogP contribution in [0.25, 0.3) is 0 Å². The zero-order chi connectivity index (χ0) is 10.6. The summed E-state index contributed by atoms with van der Waals surface area (Å²) >= 11 is 0. The molecule has 1 heterocycles. The van der Waals surface area contributed by atoms with Crippen molar-refractivity contribution in [1.82, 2.24) is 4.90 Å². The van der Waals surface area contributed by atoms with Crippen molar-refractivity contribution in [3.8, 4) is 0 Å². The third-order valence-corrected chi connectivity index (χ3v) is 3.23. The van der Waals surface area contributed by atoms with Crippen LogP contribution < -0.4 is 0 Å². The zero-order valence-corrected chi connectivity index (χ0v) is 9.87. The number of likely N-dealkylation sites (tertiary alicyclic amines) is 1. The summed E-state index contributed by atoms with van der Waals surface area (Å²) in [4.78, 5) is 2.59. The first kappa shape index (κ1) is 12.0. The number of unbranched alkanes of at least 4 members (excludes halogenated alkanes) is 1. The predicted molar refractivity (Wildman–Crippen MR) is 60.3 cm³/mol. The fourth-order valence-corrected chi connectivity index (χ4v) is 2.45. The van der Waals surface area contributed by atoms with Gasteiger partial charge in [0.15, 0.2) is 0 Å². The molecule has 0 aliphatic carbocycles. The van der Waals surface area contributed by atoms with E-state index in [1.54, 1.807) is 0 Å². The van der Waals surface area contributed by atoms with Gasteiger partial charge in [0.25, 0.3) is 0 Å². The Labute approximate surface area is 88.3 Å². The Bertz CT molecular complexity index is 158. The van der Waals surface area contributed by atoms with E-state index in [0.717, 1.165) is 24.8 Å². The van der Waals surface area contributed by atoms with Gasteiger partial charge in [0.05, 0.1) is 6.10 Å². The second kappa shape index (κ2) is 5.72. The van der Waals surface area contributed by atoms with Crippen molar-refractivity contribution < 1.29 is 5.11 Å². The number of hydrogen-bond acceptors (Lipinski definition) is 2. The topological polar surface area (TPSA) is 23.5 Å². The van der Waals surface area contributed by atoms with Gasteiger partial charge in [0.2, 0.25) is 0 Å². The summed E-state index contributed by atoms with van der Waals surface area (Å²) in [7, 11) is 0. The lowest BCUT2D eigenvalue weighted by Crippen LogP contribution is -2.28. The molecule has 0 aromatic heterocycles. The summed E-state index contributed by atoms with van der Waals surface area (Å²) < 4.78 is 0. The molecule has 14 heavy (non-hydrogen) atoms. The number of rotatable bonds is 5. The van der Waals surface area contributed by atoms with Crippen LogP contribution in [0.1, 0.15) is 46.5 Å². The van der Waals surface area contributed by atoms with Gasteiger partial charge in [0, 0.05) is 12.6 Å². The molecule has 0 aromatic rings. The second-order valence-electron chi connectivity index (χ2n) is 5.03. The van der Waals surface area contributed by atoms with Gasteiger partial charge in [-0.2, -0.15) is 0 Å². The van der Waals surface area contributed by atoms with Gasteiger partial charge in [-0.1, -0.05) is 6.92 Å². The van der Waals surface area contributed by atoms with Crippen LogP contribution in [0.3, 0.4) is 0 Å². The number of nitrogens with zero attached hydrogens (tertiary/aromatic N) is 1. The Morgan fingerprint density at radius 2 is 2.07 bits per heavy atom. The van der Waals surface area contributed by atoms with Crippen LogP contribution in [-0.2, 0) is 0 Å². The van der Waals surface area contributed by atoms with Crippen molar-refractivity contribution in [2.45, 2.75) is 58.6 Å². The molecule has 0 aromatic carbocycles. The first-order valence-electron chi connectivity index (χ1n) is 6.01. The first-order valence-corrected chi connectivity index (χ1v) is 6.01. The molecule has 0 radical (unpaired) electrons. The van der Waals surface area contributed by atoms with Crippen molar-refractivity contribution in [1.29, 1.82) is 0 Å². The third kappa shape index (κ3) is 3.97. The van der Waals surface area contributed by atoms with E-state index in [1.165, 1.54) is 25.9 Å². The van der Waals surface area contributed by atoms with Crippen molar-refractivity contribution >= 4 is 0 Å². The Balaban J connectivity index is 2.07. The minimum Gasteiger partial charge on any atom is -0.393 e. The van der Waals surface area contributed by atoms with Gasteiger partial charge >= 0.3 is 0 Å². The summed E-state index contributed by atoms with van der Waals surface area (Å²) in [5, 5.41) is 9.12. The monoisotopic (exact) mass is 199 g/mol. The normalized spacial score (nSPS) is 30.9. The molecule has 1 aliphatic rings. The molecular formula is C12H25NO. The van der Waals surface area contributed by atoms with Crippen LogP contribution in [0.4, 0.5) is 0 Å². The molecule has 1 aliphatic heterocycles. The van der Waals surface area contributed by atoms with Crippen LogP contribution in [0.2, 0.25) is 0 Å². The molecule has 1 saturated heterocycles. The maximum atomic E-state index is 9.12. The molecular weight excluding hydrogens is 174 g/mol. The standard InChI is InChI=1S/C12H25NO/c1-10-8-11(2)13(9-10)7-5-4-6-12(3)14/h10-12,14H,4-9H2,1-3H3. The predicted octanol–water partition coefficient (Wildman–Crippen LogP) is 2.27. The van der Waals surface area contributed by atoms with Crippen LogP contribution in [0.15, 0.2) is 0 Å². The summed E-state index contributed by atoms with van der Waals surface area (Å²) in [5.41, 5.74) is 0. The highest BCUT2D eigenvalue weighted by Gasteiger charge is 2.24. The molecule has 3 atom stereocenters. The van der Waals surface area contributed by atoms with Crippen LogP contribution in [0.5, 0.6) is 0 Å². The van der Waals surface area contributed by atoms with Crippen molar-refractivity contribution in [2.24, 2.45) is 5.92 Å². The summed E-state index contributed by atoms with van der Waals surface area (Å²) in [6.07, 6.45) is 4.59. The average Bonchev–Trinajstić information content (AvgIpc) is 2.39. The van der Waals surface area contributed by atoms with Crippen LogP contribution in [0, 0.1) is 5.92 Å². The highest BCUT2D eigenvalue weighted by Crippen LogP contribution is 2.22. The van der Waals surface area contributed by atoms with Crippen LogP contribution >= 0.6 is 0 Å². The Kier molecular flexibility index (Phi) is 4.90. The van der Waals surface area contributed by atoms with E-state index in [-0.39, 0.29) is 6.10 Å². The van der Waals surface area contributed by atoms with Gasteiger partial charge in [-0.25, -0.2) is 0 Å². The highest BCUT2D eigenvalue weighted by atomic mass is 16.3. The van der Waals surface area contributed by atoms with E-state index < -0.39 is 0 Å². The fraction of sp³-hybridized carbons (Fsp3) is 1.00. The maximum absolute atomic E-state index is 9.12. The quantitative estimate of drug-likeness (QED) is 0.687. The maximum Gasteiger partial charge on any atom is 0.0512 e. The summed E-state index contributed by atoms with van der Waals surface area (Å²) in [6.45, 7) is 9.04. The lowest BCUT2D eigenvalue weighted by Gasteiger charge is -2.20. The molecule has 3 unspecified atom stereocenters. The molecule has 2 nitrogen and oxygen atoms in total. The van der Waals surface area contributed by atoms with Crippen molar-refractivity contribution in [3.63, 3.8) is 0 Å². The fourth-order valence-electron chi connectivity index (χ4n) is 2.45. The lowest BCUT2D eigenvalue weighted by molar-refractivity contribution is 0.176. The second-order valence-corrected chi connectivity index (χ2v) is 5.03. The first-order chi connectivity index (χ1) is 6.59. The molecule has 0 bridgehead atoms. The minimum atomic E-state index is -0.120. The molecule has 1 N–H and O–H groups in total. The molecule has 1 fully saturated rings. The molecule has 84 valence electrons. The summed E-state index contributed by atoms with van der Waals surface area (Å²) in [6, 6.07) is 0.775. The third-order valence-electron chi connectivity index (χ3n) is 3.23. The van der Waals surface area contributed by atoms with E-state index >= 15 is 0 Å². The van der Waals surface area contributed by atoms with E-state index in [9.17, 15) is 0 Å². The smallest absolute Gasteiger partial charge is 0.0512 e. The van der Waals surface area contributed by atoms with Crippen LogP contribution in [-0.4, -0.2) is 35.2 Å². The van der Waals surface area contributed by atoms with Crippen molar-refractivity contribution in [3.05, 3.63) is 0 Å². The SMILES string of the molecule is CC(O)CCCCN1CC(C)CC1C. The van der Waals surface area contributed by atoms with E-state index in [4.69, 9.17) is 5.11 Å². The van der Waals surface area contributed by atoms with Gasteiger partial charge in [-0.05, 0) is 52.0 Å².